The van der Waals surface area contributed by atoms with E-state index in [2.05, 4.69) is 126 Å². The number of aromatic nitrogens is 12. The molecule has 6 N–H and O–H groups in total. The van der Waals surface area contributed by atoms with Crippen molar-refractivity contribution in [2.45, 2.75) is 107 Å². The van der Waals surface area contributed by atoms with Crippen LogP contribution in [0.5, 0.6) is 0 Å². The van der Waals surface area contributed by atoms with Crippen LogP contribution in [0.15, 0.2) is 73.3 Å². The number of nitrogens with one attached hydrogen (secondary N) is 6. The Bertz CT molecular complexity index is 2320. The van der Waals surface area contributed by atoms with Gasteiger partial charge in [0, 0.05) is 45.7 Å². The molecular formula is C46H58N12. The van der Waals surface area contributed by atoms with E-state index in [1.807, 2.05) is 64.1 Å². The van der Waals surface area contributed by atoms with E-state index in [9.17, 15) is 0 Å². The summed E-state index contributed by atoms with van der Waals surface area (Å²) in [6.07, 6.45) is 7.65. The van der Waals surface area contributed by atoms with Gasteiger partial charge in [0.1, 0.15) is 23.3 Å². The zero-order chi connectivity index (χ0) is 41.3. The first-order valence-corrected chi connectivity index (χ1v) is 20.2. The predicted octanol–water partition coefficient (Wildman–Crippen LogP) is 10.1. The maximum absolute atomic E-state index is 4.60. The Labute approximate surface area is 341 Å². The Morgan fingerprint density at radius 1 is 0.500 bits per heavy atom. The molecule has 0 bridgehead atoms. The van der Waals surface area contributed by atoms with Crippen molar-refractivity contribution < 1.29 is 0 Å². The van der Waals surface area contributed by atoms with E-state index in [-0.39, 0.29) is 11.8 Å². The summed E-state index contributed by atoms with van der Waals surface area (Å²) >= 11 is 0. The zero-order valence-electron chi connectivity index (χ0n) is 35.6. The lowest BCUT2D eigenvalue weighted by atomic mass is 9.95. The van der Waals surface area contributed by atoms with Gasteiger partial charge in [0.15, 0.2) is 0 Å². The second-order valence-corrected chi connectivity index (χ2v) is 15.1. The molecule has 0 aliphatic rings. The molecular weight excluding hydrogens is 721 g/mol. The minimum absolute atomic E-state index is 0.125. The quantitative estimate of drug-likeness (QED) is 0.0763. The highest BCUT2D eigenvalue weighted by Gasteiger charge is 2.23. The number of nitrogens with zero attached hydrogens (tertiary/aromatic N) is 6. The van der Waals surface area contributed by atoms with Crippen LogP contribution in [0, 0.1) is 55.4 Å². The van der Waals surface area contributed by atoms with Gasteiger partial charge in [-0.3, -0.25) is 0 Å². The second kappa shape index (κ2) is 18.8. The molecule has 12 heteroatoms. The molecule has 0 unspecified atom stereocenters. The Hall–Kier alpha value is -6.30. The summed E-state index contributed by atoms with van der Waals surface area (Å²) < 4.78 is 0. The summed E-state index contributed by atoms with van der Waals surface area (Å²) in [5.74, 6) is 4.36. The molecule has 58 heavy (non-hydrogen) atoms. The van der Waals surface area contributed by atoms with Crippen LogP contribution < -0.4 is 0 Å². The molecule has 6 aromatic heterocycles. The van der Waals surface area contributed by atoms with Gasteiger partial charge in [-0.25, -0.2) is 29.9 Å². The largest absolute Gasteiger partial charge is 0.347 e. The molecule has 0 saturated carbocycles. The highest BCUT2D eigenvalue weighted by molar-refractivity contribution is 5.66. The number of aromatic amines is 6. The van der Waals surface area contributed by atoms with Crippen molar-refractivity contribution in [1.82, 2.24) is 59.8 Å². The summed E-state index contributed by atoms with van der Waals surface area (Å²) in [6.45, 7) is 20.6. The first-order valence-electron chi connectivity index (χ1n) is 20.2. The highest BCUT2D eigenvalue weighted by atomic mass is 15.0. The SMILES string of the molecule is CC(c1[nH]cnc1-c1ccccc1)c1[nH]cnc1-c1ccccc1.CCC(c1nc(C)[nH]c1C)c1nc(C)[nH]c1C.Cc1nc(CCCc2nc(C)[nH]c2C)c(C)[nH]1. The summed E-state index contributed by atoms with van der Waals surface area (Å²) in [4.78, 5) is 46.9. The average Bonchev–Trinajstić information content (AvgIpc) is 4.08. The molecule has 0 aliphatic heterocycles. The van der Waals surface area contributed by atoms with E-state index in [1.54, 1.807) is 12.7 Å². The third kappa shape index (κ3) is 9.79. The van der Waals surface area contributed by atoms with Gasteiger partial charge in [-0.2, -0.15) is 0 Å². The normalized spacial score (nSPS) is 11.2. The van der Waals surface area contributed by atoms with Crippen LogP contribution >= 0.6 is 0 Å². The van der Waals surface area contributed by atoms with Gasteiger partial charge in [0.25, 0.3) is 0 Å². The number of aryl methyl sites for hydroxylation is 10. The lowest BCUT2D eigenvalue weighted by Gasteiger charge is -2.13. The van der Waals surface area contributed by atoms with Crippen molar-refractivity contribution in [2.24, 2.45) is 0 Å². The van der Waals surface area contributed by atoms with E-state index in [0.29, 0.717) is 0 Å². The smallest absolute Gasteiger partial charge is 0.103 e. The van der Waals surface area contributed by atoms with Crippen LogP contribution in [-0.2, 0) is 12.8 Å². The Morgan fingerprint density at radius 3 is 1.21 bits per heavy atom. The Kier molecular flexibility index (Phi) is 13.4. The van der Waals surface area contributed by atoms with Crippen molar-refractivity contribution in [3.8, 4) is 22.5 Å². The predicted molar refractivity (Wildman–Crippen MR) is 232 cm³/mol. The van der Waals surface area contributed by atoms with Crippen LogP contribution in [0.4, 0.5) is 0 Å². The summed E-state index contributed by atoms with van der Waals surface area (Å²) in [5.41, 5.74) is 15.7. The third-order valence-corrected chi connectivity index (χ3v) is 10.5. The molecule has 0 saturated heterocycles. The number of rotatable bonds is 11. The van der Waals surface area contributed by atoms with Gasteiger partial charge in [0.2, 0.25) is 0 Å². The molecule has 8 aromatic rings. The van der Waals surface area contributed by atoms with Gasteiger partial charge >= 0.3 is 0 Å². The van der Waals surface area contributed by atoms with E-state index in [0.717, 1.165) is 106 Å². The fraction of sp³-hybridized carbons (Fsp3) is 0.348. The zero-order valence-corrected chi connectivity index (χ0v) is 35.6. The summed E-state index contributed by atoms with van der Waals surface area (Å²) in [7, 11) is 0. The van der Waals surface area contributed by atoms with Crippen molar-refractivity contribution in [1.29, 1.82) is 0 Å². The summed E-state index contributed by atoms with van der Waals surface area (Å²) in [6, 6.07) is 20.5. The first-order chi connectivity index (χ1) is 27.9. The van der Waals surface area contributed by atoms with Crippen molar-refractivity contribution in [3.05, 3.63) is 154 Å². The fourth-order valence-corrected chi connectivity index (χ4v) is 7.74. The number of benzene rings is 2. The van der Waals surface area contributed by atoms with Crippen molar-refractivity contribution in [3.63, 3.8) is 0 Å². The number of hydrogen-bond donors (Lipinski definition) is 6. The lowest BCUT2D eigenvalue weighted by molar-refractivity contribution is 0.721. The average molecular weight is 779 g/mol. The second-order valence-electron chi connectivity index (χ2n) is 15.1. The van der Waals surface area contributed by atoms with Crippen LogP contribution in [0.1, 0.15) is 119 Å². The van der Waals surface area contributed by atoms with Gasteiger partial charge in [-0.05, 0) is 81.1 Å². The standard InChI is InChI=1S/C20H18N4.2C13H20N4/c1-14(17-19(23-12-21-17)15-8-4-2-5-9-15)18-20(24-13-22-18)16-10-6-3-7-11-16;1-8-12(16-10(3)14-8)6-5-7-13-9(2)15-11(4)17-13;1-6-11(12-7(2)14-9(4)16-12)13-8(3)15-10(5)17-13/h2-14H,1H3,(H,21,23)(H,22,24);5-7H2,1-4H3,(H,14,16)(H,15,17);11H,6H2,1-5H3,(H,14,16)(H,15,17). The van der Waals surface area contributed by atoms with Crippen LogP contribution in [-0.4, -0.2) is 59.8 Å². The number of hydrogen-bond acceptors (Lipinski definition) is 6. The van der Waals surface area contributed by atoms with Crippen LogP contribution in [0.3, 0.4) is 0 Å². The number of imidazole rings is 6. The minimum Gasteiger partial charge on any atom is -0.347 e. The fourth-order valence-electron chi connectivity index (χ4n) is 7.74. The number of H-pyrrole nitrogens is 6. The van der Waals surface area contributed by atoms with E-state index in [4.69, 9.17) is 0 Å². The Balaban J connectivity index is 0.000000150. The third-order valence-electron chi connectivity index (χ3n) is 10.5. The van der Waals surface area contributed by atoms with Gasteiger partial charge in [0.05, 0.1) is 58.2 Å². The van der Waals surface area contributed by atoms with Gasteiger partial charge < -0.3 is 29.9 Å². The maximum Gasteiger partial charge on any atom is 0.103 e. The van der Waals surface area contributed by atoms with E-state index >= 15 is 0 Å². The topological polar surface area (TPSA) is 172 Å². The minimum atomic E-state index is 0.125. The molecule has 0 fully saturated rings. The van der Waals surface area contributed by atoms with Crippen LogP contribution in [0.2, 0.25) is 0 Å². The van der Waals surface area contributed by atoms with Gasteiger partial charge in [-0.1, -0.05) is 74.5 Å². The molecule has 0 radical (unpaired) electrons. The van der Waals surface area contributed by atoms with E-state index < -0.39 is 0 Å². The first kappa shape index (κ1) is 41.3. The van der Waals surface area contributed by atoms with Crippen molar-refractivity contribution >= 4 is 0 Å². The van der Waals surface area contributed by atoms with Gasteiger partial charge in [-0.15, -0.1) is 0 Å². The van der Waals surface area contributed by atoms with Crippen molar-refractivity contribution in [2.75, 3.05) is 0 Å². The molecule has 12 nitrogen and oxygen atoms in total. The lowest BCUT2D eigenvalue weighted by Crippen LogP contribution is -2.04. The summed E-state index contributed by atoms with van der Waals surface area (Å²) in [5, 5.41) is 0. The molecule has 0 amide bonds. The van der Waals surface area contributed by atoms with Crippen LogP contribution in [0.25, 0.3) is 22.5 Å². The maximum atomic E-state index is 4.60. The molecule has 6 heterocycles. The molecule has 0 spiro atoms. The molecule has 302 valence electrons. The molecule has 0 atom stereocenters. The Morgan fingerprint density at radius 2 is 0.879 bits per heavy atom. The van der Waals surface area contributed by atoms with E-state index in [1.165, 1.54) is 22.8 Å². The monoisotopic (exact) mass is 778 g/mol. The molecule has 8 rings (SSSR count). The molecule has 2 aromatic carbocycles. The highest BCUT2D eigenvalue weighted by Crippen LogP contribution is 2.34. The molecule has 0 aliphatic carbocycles.